The van der Waals surface area contributed by atoms with Crippen molar-refractivity contribution in [2.45, 2.75) is 26.7 Å². The maximum atomic E-state index is 5.68. The van der Waals surface area contributed by atoms with Crippen LogP contribution in [-0.2, 0) is 0 Å². The number of hydrogen-bond donors (Lipinski definition) is 0. The van der Waals surface area contributed by atoms with Crippen molar-refractivity contribution in [2.75, 3.05) is 0 Å². The monoisotopic (exact) mass is 183 g/mol. The molecule has 1 aromatic rings. The molecule has 0 aromatic carbocycles. The minimum Gasteiger partial charge on any atom is -0.244 e. The quantitative estimate of drug-likeness (QED) is 0.640. The molecule has 0 saturated heterocycles. The molecule has 0 aliphatic heterocycles. The predicted molar refractivity (Wildman–Crippen MR) is 52.5 cm³/mol. The molecular formula is C10H14ClN. The summed E-state index contributed by atoms with van der Waals surface area (Å²) in [6.45, 7) is 6.62. The van der Waals surface area contributed by atoms with Gasteiger partial charge in [0, 0.05) is 6.20 Å². The fourth-order valence-electron chi connectivity index (χ4n) is 1.04. The van der Waals surface area contributed by atoms with Crippen LogP contribution in [0.25, 0.3) is 0 Å². The lowest BCUT2D eigenvalue weighted by molar-refractivity contribution is 0.534. The van der Waals surface area contributed by atoms with E-state index in [1.165, 1.54) is 5.56 Å². The number of nitrogens with zero attached hydrogens (tertiary/aromatic N) is 1. The first kappa shape index (κ1) is 9.53. The van der Waals surface area contributed by atoms with Crippen LogP contribution in [0.2, 0.25) is 5.15 Å². The molecule has 1 heterocycles. The zero-order valence-electron chi connectivity index (χ0n) is 7.71. The standard InChI is InChI=1S/C10H14ClN/c1-7(2)8(3)9-4-5-10(11)12-6-9/h4-8H,1-3H3/t8-/m1/s1. The van der Waals surface area contributed by atoms with E-state index in [2.05, 4.69) is 25.8 Å². The zero-order chi connectivity index (χ0) is 9.14. The number of aromatic nitrogens is 1. The second kappa shape index (κ2) is 3.90. The first-order valence-corrected chi connectivity index (χ1v) is 4.60. The van der Waals surface area contributed by atoms with Gasteiger partial charge in [-0.15, -0.1) is 0 Å². The Balaban J connectivity index is 2.82. The van der Waals surface area contributed by atoms with Crippen LogP contribution >= 0.6 is 11.6 Å². The van der Waals surface area contributed by atoms with Gasteiger partial charge in [-0.2, -0.15) is 0 Å². The largest absolute Gasteiger partial charge is 0.244 e. The number of pyridine rings is 1. The van der Waals surface area contributed by atoms with E-state index in [1.807, 2.05) is 18.3 Å². The molecule has 1 aromatic heterocycles. The van der Waals surface area contributed by atoms with Crippen molar-refractivity contribution in [3.63, 3.8) is 0 Å². The smallest absolute Gasteiger partial charge is 0.129 e. The summed E-state index contributed by atoms with van der Waals surface area (Å²) in [5.41, 5.74) is 1.26. The summed E-state index contributed by atoms with van der Waals surface area (Å²) in [5.74, 6) is 1.20. The Morgan fingerprint density at radius 3 is 2.33 bits per heavy atom. The lowest BCUT2D eigenvalue weighted by atomic mass is 9.92. The topological polar surface area (TPSA) is 12.9 Å². The molecule has 0 bridgehead atoms. The van der Waals surface area contributed by atoms with Crippen molar-refractivity contribution in [1.29, 1.82) is 0 Å². The molecule has 0 saturated carbocycles. The van der Waals surface area contributed by atoms with E-state index >= 15 is 0 Å². The summed E-state index contributed by atoms with van der Waals surface area (Å²) in [6, 6.07) is 3.88. The lowest BCUT2D eigenvalue weighted by Crippen LogP contribution is -2.01. The van der Waals surface area contributed by atoms with Gasteiger partial charge < -0.3 is 0 Å². The molecule has 0 fully saturated rings. The van der Waals surface area contributed by atoms with Gasteiger partial charge in [0.1, 0.15) is 5.15 Å². The maximum Gasteiger partial charge on any atom is 0.129 e. The van der Waals surface area contributed by atoms with Gasteiger partial charge in [-0.05, 0) is 23.5 Å². The first-order valence-electron chi connectivity index (χ1n) is 4.22. The van der Waals surface area contributed by atoms with E-state index in [0.29, 0.717) is 17.0 Å². The SMILES string of the molecule is CC(C)[C@@H](C)c1ccc(Cl)nc1. The van der Waals surface area contributed by atoms with Crippen molar-refractivity contribution in [3.05, 3.63) is 29.0 Å². The fraction of sp³-hybridized carbons (Fsp3) is 0.500. The Bertz CT molecular complexity index is 241. The van der Waals surface area contributed by atoms with Crippen molar-refractivity contribution in [3.8, 4) is 0 Å². The second-order valence-electron chi connectivity index (χ2n) is 3.45. The summed E-state index contributed by atoms with van der Waals surface area (Å²) < 4.78 is 0. The zero-order valence-corrected chi connectivity index (χ0v) is 8.47. The van der Waals surface area contributed by atoms with E-state index in [0.717, 1.165) is 0 Å². The van der Waals surface area contributed by atoms with Crippen molar-refractivity contribution in [1.82, 2.24) is 4.98 Å². The van der Waals surface area contributed by atoms with Crippen LogP contribution in [0.5, 0.6) is 0 Å². The molecule has 1 nitrogen and oxygen atoms in total. The van der Waals surface area contributed by atoms with Crippen LogP contribution in [0.15, 0.2) is 18.3 Å². The third-order valence-electron chi connectivity index (χ3n) is 2.28. The van der Waals surface area contributed by atoms with Crippen LogP contribution in [0.3, 0.4) is 0 Å². The van der Waals surface area contributed by atoms with Gasteiger partial charge >= 0.3 is 0 Å². The Kier molecular flexibility index (Phi) is 3.10. The van der Waals surface area contributed by atoms with Crippen LogP contribution in [0.1, 0.15) is 32.3 Å². The number of rotatable bonds is 2. The highest BCUT2D eigenvalue weighted by Crippen LogP contribution is 2.23. The van der Waals surface area contributed by atoms with Gasteiger partial charge in [0.05, 0.1) is 0 Å². The van der Waals surface area contributed by atoms with Gasteiger partial charge in [-0.3, -0.25) is 0 Å². The Labute approximate surface area is 78.8 Å². The highest BCUT2D eigenvalue weighted by molar-refractivity contribution is 6.29. The average molecular weight is 184 g/mol. The van der Waals surface area contributed by atoms with Crippen LogP contribution in [0.4, 0.5) is 0 Å². The number of hydrogen-bond acceptors (Lipinski definition) is 1. The molecule has 0 unspecified atom stereocenters. The second-order valence-corrected chi connectivity index (χ2v) is 3.83. The summed E-state index contributed by atoms with van der Waals surface area (Å²) >= 11 is 5.68. The predicted octanol–water partition coefficient (Wildman–Crippen LogP) is 3.49. The van der Waals surface area contributed by atoms with Crippen molar-refractivity contribution >= 4 is 11.6 Å². The maximum absolute atomic E-state index is 5.68. The van der Waals surface area contributed by atoms with Crippen LogP contribution < -0.4 is 0 Å². The summed E-state index contributed by atoms with van der Waals surface area (Å²) in [4.78, 5) is 4.05. The molecule has 66 valence electrons. The van der Waals surface area contributed by atoms with E-state index in [4.69, 9.17) is 11.6 Å². The molecule has 1 rings (SSSR count). The Morgan fingerprint density at radius 1 is 1.25 bits per heavy atom. The van der Waals surface area contributed by atoms with Crippen LogP contribution in [0, 0.1) is 5.92 Å². The molecule has 0 amide bonds. The molecule has 0 N–H and O–H groups in total. The highest BCUT2D eigenvalue weighted by Gasteiger charge is 2.09. The van der Waals surface area contributed by atoms with Crippen molar-refractivity contribution in [2.24, 2.45) is 5.92 Å². The van der Waals surface area contributed by atoms with E-state index < -0.39 is 0 Å². The summed E-state index contributed by atoms with van der Waals surface area (Å²) in [7, 11) is 0. The molecule has 0 spiro atoms. The van der Waals surface area contributed by atoms with Crippen molar-refractivity contribution < 1.29 is 0 Å². The van der Waals surface area contributed by atoms with Gasteiger partial charge in [0.2, 0.25) is 0 Å². The van der Waals surface area contributed by atoms with Gasteiger partial charge in [0.25, 0.3) is 0 Å². The normalized spacial score (nSPS) is 13.4. The fourth-order valence-corrected chi connectivity index (χ4v) is 1.15. The van der Waals surface area contributed by atoms with E-state index in [-0.39, 0.29) is 0 Å². The van der Waals surface area contributed by atoms with E-state index in [1.54, 1.807) is 0 Å². The molecule has 12 heavy (non-hydrogen) atoms. The third-order valence-corrected chi connectivity index (χ3v) is 2.50. The van der Waals surface area contributed by atoms with Gasteiger partial charge in [-0.25, -0.2) is 4.98 Å². The Hall–Kier alpha value is -0.560. The van der Waals surface area contributed by atoms with Gasteiger partial charge in [0.15, 0.2) is 0 Å². The van der Waals surface area contributed by atoms with Crippen LogP contribution in [-0.4, -0.2) is 4.98 Å². The summed E-state index contributed by atoms with van der Waals surface area (Å²) in [5, 5.41) is 0.565. The van der Waals surface area contributed by atoms with E-state index in [9.17, 15) is 0 Å². The highest BCUT2D eigenvalue weighted by atomic mass is 35.5. The minimum absolute atomic E-state index is 0.551. The molecule has 0 aliphatic rings. The average Bonchev–Trinajstić information content (AvgIpc) is 2.04. The molecule has 0 radical (unpaired) electrons. The third kappa shape index (κ3) is 2.21. The summed E-state index contributed by atoms with van der Waals surface area (Å²) in [6.07, 6.45) is 1.85. The number of halogens is 1. The molecule has 2 heteroatoms. The first-order chi connectivity index (χ1) is 5.61. The molecule has 0 aliphatic carbocycles. The lowest BCUT2D eigenvalue weighted by Gasteiger charge is -2.14. The van der Waals surface area contributed by atoms with Gasteiger partial charge in [-0.1, -0.05) is 38.4 Å². The molecular weight excluding hydrogens is 170 g/mol. The molecule has 1 atom stereocenters. The Morgan fingerprint density at radius 2 is 1.92 bits per heavy atom. The minimum atomic E-state index is 0.551.